The number of hydrogen-bond acceptors (Lipinski definition) is 3. The average Bonchev–Trinajstić information content (AvgIpc) is 2.44. The highest BCUT2D eigenvalue weighted by Gasteiger charge is 2.20. The first kappa shape index (κ1) is 14.6. The van der Waals surface area contributed by atoms with E-state index >= 15 is 0 Å². The predicted molar refractivity (Wildman–Crippen MR) is 76.8 cm³/mol. The number of ether oxygens (including phenoxy) is 1. The van der Waals surface area contributed by atoms with Crippen LogP contribution in [0.1, 0.15) is 26.7 Å². The summed E-state index contributed by atoms with van der Waals surface area (Å²) < 4.78 is 6.68. The van der Waals surface area contributed by atoms with Crippen molar-refractivity contribution >= 4 is 5.91 Å². The molecule has 0 unspecified atom stereocenters. The van der Waals surface area contributed by atoms with Gasteiger partial charge in [-0.1, -0.05) is 6.92 Å². The molecule has 2 heterocycles. The number of nitrogens with zero attached hydrogens (tertiary/aromatic N) is 2. The van der Waals surface area contributed by atoms with Gasteiger partial charge in [0, 0.05) is 19.3 Å². The van der Waals surface area contributed by atoms with Crippen LogP contribution < -0.4 is 10.3 Å². The number of likely N-dealkylation sites (tertiary alicyclic amines) is 1. The summed E-state index contributed by atoms with van der Waals surface area (Å²) in [6.45, 7) is 6.15. The summed E-state index contributed by atoms with van der Waals surface area (Å²) in [6, 6.07) is 3.37. The maximum atomic E-state index is 12.2. The minimum Gasteiger partial charge on any atom is -0.488 e. The Labute approximate surface area is 119 Å². The lowest BCUT2D eigenvalue weighted by atomic mass is 9.99. The van der Waals surface area contributed by atoms with E-state index in [9.17, 15) is 9.59 Å². The Balaban J connectivity index is 2.04. The van der Waals surface area contributed by atoms with Crippen LogP contribution in [0, 0.1) is 5.92 Å². The molecule has 110 valence electrons. The lowest BCUT2D eigenvalue weighted by molar-refractivity contribution is -0.133. The number of piperidine rings is 1. The van der Waals surface area contributed by atoms with Crippen LogP contribution in [-0.4, -0.2) is 35.1 Å². The molecule has 0 aromatic carbocycles. The summed E-state index contributed by atoms with van der Waals surface area (Å²) >= 11 is 0. The molecule has 20 heavy (non-hydrogen) atoms. The summed E-state index contributed by atoms with van der Waals surface area (Å²) in [7, 11) is 0. The predicted octanol–water partition coefficient (Wildman–Crippen LogP) is 1.51. The van der Waals surface area contributed by atoms with Crippen molar-refractivity contribution in [3.05, 3.63) is 28.7 Å². The third kappa shape index (κ3) is 3.40. The van der Waals surface area contributed by atoms with Crippen LogP contribution in [0.25, 0.3) is 0 Å². The van der Waals surface area contributed by atoms with Gasteiger partial charge in [0.05, 0.1) is 6.61 Å². The number of aromatic nitrogens is 1. The Hall–Kier alpha value is -1.78. The SMILES string of the molecule is CCOc1cccn(CC(=O)N2CCC(C)CC2)c1=O. The second-order valence-electron chi connectivity index (χ2n) is 5.30. The second-order valence-corrected chi connectivity index (χ2v) is 5.30. The van der Waals surface area contributed by atoms with Crippen molar-refractivity contribution < 1.29 is 9.53 Å². The van der Waals surface area contributed by atoms with Gasteiger partial charge in [0.25, 0.3) is 5.56 Å². The molecule has 0 aliphatic carbocycles. The van der Waals surface area contributed by atoms with Gasteiger partial charge >= 0.3 is 0 Å². The Bertz CT molecular complexity index is 516. The molecule has 0 N–H and O–H groups in total. The van der Waals surface area contributed by atoms with Gasteiger partial charge in [0.2, 0.25) is 5.91 Å². The van der Waals surface area contributed by atoms with E-state index in [-0.39, 0.29) is 18.0 Å². The molecule has 2 rings (SSSR count). The van der Waals surface area contributed by atoms with Gasteiger partial charge < -0.3 is 14.2 Å². The van der Waals surface area contributed by atoms with Gasteiger partial charge in [-0.15, -0.1) is 0 Å². The summed E-state index contributed by atoms with van der Waals surface area (Å²) in [6.07, 6.45) is 3.72. The van der Waals surface area contributed by atoms with E-state index in [2.05, 4.69) is 6.92 Å². The molecule has 1 aromatic heterocycles. The van der Waals surface area contributed by atoms with E-state index < -0.39 is 0 Å². The number of pyridine rings is 1. The van der Waals surface area contributed by atoms with E-state index in [0.717, 1.165) is 25.9 Å². The molecule has 1 saturated heterocycles. The van der Waals surface area contributed by atoms with E-state index in [1.54, 1.807) is 18.3 Å². The summed E-state index contributed by atoms with van der Waals surface area (Å²) in [5.74, 6) is 0.991. The fraction of sp³-hybridized carbons (Fsp3) is 0.600. The van der Waals surface area contributed by atoms with Gasteiger partial charge in [-0.05, 0) is 37.8 Å². The highest BCUT2D eigenvalue weighted by atomic mass is 16.5. The molecule has 5 heteroatoms. The Morgan fingerprint density at radius 3 is 2.75 bits per heavy atom. The largest absolute Gasteiger partial charge is 0.488 e. The number of rotatable bonds is 4. The smallest absolute Gasteiger partial charge is 0.293 e. The number of carbonyl (C=O) groups is 1. The monoisotopic (exact) mass is 278 g/mol. The van der Waals surface area contributed by atoms with Crippen molar-refractivity contribution in [1.29, 1.82) is 0 Å². The number of amides is 1. The van der Waals surface area contributed by atoms with Crippen LogP contribution in [0.5, 0.6) is 5.75 Å². The average molecular weight is 278 g/mol. The van der Waals surface area contributed by atoms with Gasteiger partial charge in [-0.2, -0.15) is 0 Å². The molecule has 0 spiro atoms. The maximum absolute atomic E-state index is 12.2. The van der Waals surface area contributed by atoms with Crippen LogP contribution in [0.4, 0.5) is 0 Å². The van der Waals surface area contributed by atoms with Crippen LogP contribution in [0.2, 0.25) is 0 Å². The minimum absolute atomic E-state index is 0.00708. The molecule has 1 aromatic rings. The van der Waals surface area contributed by atoms with E-state index in [1.807, 2.05) is 11.8 Å². The third-order valence-corrected chi connectivity index (χ3v) is 3.73. The lowest BCUT2D eigenvalue weighted by Gasteiger charge is -2.30. The highest BCUT2D eigenvalue weighted by molar-refractivity contribution is 5.76. The van der Waals surface area contributed by atoms with Gasteiger partial charge in [-0.3, -0.25) is 9.59 Å². The molecular weight excluding hydrogens is 256 g/mol. The topological polar surface area (TPSA) is 51.5 Å². The molecule has 0 bridgehead atoms. The molecule has 1 aliphatic heterocycles. The van der Waals surface area contributed by atoms with Gasteiger partial charge in [0.15, 0.2) is 5.75 Å². The van der Waals surface area contributed by atoms with Crippen molar-refractivity contribution in [1.82, 2.24) is 9.47 Å². The standard InChI is InChI=1S/C15H22N2O3/c1-3-20-13-5-4-8-17(15(13)19)11-14(18)16-9-6-12(2)7-10-16/h4-5,8,12H,3,6-7,9-11H2,1-2H3. The van der Waals surface area contributed by atoms with Crippen molar-refractivity contribution in [3.8, 4) is 5.75 Å². The molecule has 1 aliphatic rings. The first-order chi connectivity index (χ1) is 9.61. The minimum atomic E-state index is -0.243. The fourth-order valence-electron chi connectivity index (χ4n) is 2.41. The zero-order chi connectivity index (χ0) is 14.5. The summed E-state index contributed by atoms with van der Waals surface area (Å²) in [5.41, 5.74) is -0.243. The Morgan fingerprint density at radius 2 is 2.10 bits per heavy atom. The quantitative estimate of drug-likeness (QED) is 0.839. The van der Waals surface area contributed by atoms with Gasteiger partial charge in [0.1, 0.15) is 6.54 Å². The Kier molecular flexibility index (Phi) is 4.82. The fourth-order valence-corrected chi connectivity index (χ4v) is 2.41. The lowest BCUT2D eigenvalue weighted by Crippen LogP contribution is -2.41. The van der Waals surface area contributed by atoms with Crippen LogP contribution in [0.15, 0.2) is 23.1 Å². The van der Waals surface area contributed by atoms with E-state index in [0.29, 0.717) is 18.3 Å². The normalized spacial score (nSPS) is 16.2. The molecule has 0 radical (unpaired) electrons. The number of carbonyl (C=O) groups excluding carboxylic acids is 1. The van der Waals surface area contributed by atoms with Crippen LogP contribution in [-0.2, 0) is 11.3 Å². The van der Waals surface area contributed by atoms with E-state index in [1.165, 1.54) is 4.57 Å². The maximum Gasteiger partial charge on any atom is 0.293 e. The van der Waals surface area contributed by atoms with Crippen molar-refractivity contribution in [2.45, 2.75) is 33.2 Å². The Morgan fingerprint density at radius 1 is 1.40 bits per heavy atom. The third-order valence-electron chi connectivity index (χ3n) is 3.73. The molecule has 1 fully saturated rings. The zero-order valence-corrected chi connectivity index (χ0v) is 12.2. The summed E-state index contributed by atoms with van der Waals surface area (Å²) in [5, 5.41) is 0. The van der Waals surface area contributed by atoms with Crippen molar-refractivity contribution in [2.24, 2.45) is 5.92 Å². The van der Waals surface area contributed by atoms with Gasteiger partial charge in [-0.25, -0.2) is 0 Å². The molecule has 0 atom stereocenters. The highest BCUT2D eigenvalue weighted by Crippen LogP contribution is 2.16. The van der Waals surface area contributed by atoms with E-state index in [4.69, 9.17) is 4.74 Å². The van der Waals surface area contributed by atoms with Crippen LogP contribution in [0.3, 0.4) is 0 Å². The zero-order valence-electron chi connectivity index (χ0n) is 12.2. The van der Waals surface area contributed by atoms with Crippen LogP contribution >= 0.6 is 0 Å². The van der Waals surface area contributed by atoms with Crippen molar-refractivity contribution in [2.75, 3.05) is 19.7 Å². The number of hydrogen-bond donors (Lipinski definition) is 0. The first-order valence-electron chi connectivity index (χ1n) is 7.21. The molecule has 0 saturated carbocycles. The first-order valence-corrected chi connectivity index (χ1v) is 7.21. The second kappa shape index (κ2) is 6.59. The molecule has 1 amide bonds. The summed E-state index contributed by atoms with van der Waals surface area (Å²) in [4.78, 5) is 26.2. The molecule has 5 nitrogen and oxygen atoms in total. The molecular formula is C15H22N2O3. The van der Waals surface area contributed by atoms with Crippen molar-refractivity contribution in [3.63, 3.8) is 0 Å².